The number of benzene rings is 1. The fourth-order valence-corrected chi connectivity index (χ4v) is 6.40. The molecule has 46 heavy (non-hydrogen) atoms. The van der Waals surface area contributed by atoms with Crippen LogP contribution in [0, 0.1) is 17.8 Å². The van der Waals surface area contributed by atoms with Crippen LogP contribution >= 0.6 is 0 Å². The predicted molar refractivity (Wildman–Crippen MR) is 174 cm³/mol. The minimum absolute atomic E-state index is 0.0701. The van der Waals surface area contributed by atoms with Crippen LogP contribution in [-0.2, 0) is 23.8 Å². The quantitative estimate of drug-likeness (QED) is 0.168. The van der Waals surface area contributed by atoms with Crippen molar-refractivity contribution in [3.8, 4) is 0 Å². The Morgan fingerprint density at radius 1 is 1.09 bits per heavy atom. The lowest BCUT2D eigenvalue weighted by Crippen LogP contribution is -2.28. The van der Waals surface area contributed by atoms with E-state index in [0.29, 0.717) is 50.0 Å². The zero-order valence-electron chi connectivity index (χ0n) is 27.2. The number of ketones is 1. The van der Waals surface area contributed by atoms with Crippen LogP contribution in [0.2, 0.25) is 0 Å². The molecule has 0 spiro atoms. The molecule has 3 unspecified atom stereocenters. The van der Waals surface area contributed by atoms with Crippen LogP contribution in [0.5, 0.6) is 0 Å². The molecule has 1 aliphatic carbocycles. The summed E-state index contributed by atoms with van der Waals surface area (Å²) in [5.41, 5.74) is 0.151. The highest BCUT2D eigenvalue weighted by Gasteiger charge is 2.41. The fraction of sp³-hybridized carbons (Fsp3) is 0.556. The number of nitrogens with zero attached hydrogens (tertiary/aromatic N) is 3. The number of Topliss-reactive ketones (excluding diaryl/α,β-unsaturated/α-hetero) is 1. The Morgan fingerprint density at radius 3 is 2.52 bits per heavy atom. The normalized spacial score (nSPS) is 17.4. The van der Waals surface area contributed by atoms with E-state index in [0.717, 1.165) is 38.5 Å². The van der Waals surface area contributed by atoms with Crippen molar-refractivity contribution >= 4 is 23.2 Å². The molecule has 1 fully saturated rings. The van der Waals surface area contributed by atoms with Gasteiger partial charge in [0, 0.05) is 32.4 Å². The van der Waals surface area contributed by atoms with Crippen molar-refractivity contribution < 1.29 is 27.2 Å². The number of oxazole rings is 1. The first-order chi connectivity index (χ1) is 22.0. The summed E-state index contributed by atoms with van der Waals surface area (Å²) in [6.07, 6.45) is 5.45. The summed E-state index contributed by atoms with van der Waals surface area (Å²) < 4.78 is 46.8. The van der Waals surface area contributed by atoms with E-state index in [1.165, 1.54) is 18.2 Å². The molecule has 250 valence electrons. The maximum Gasteiger partial charge on any atom is 0.437 e. The van der Waals surface area contributed by atoms with Crippen molar-refractivity contribution in [1.29, 1.82) is 0 Å². The van der Waals surface area contributed by atoms with Crippen molar-refractivity contribution in [2.75, 3.05) is 23.3 Å². The molecule has 0 radical (unpaired) electrons. The van der Waals surface area contributed by atoms with E-state index in [9.17, 15) is 22.8 Å². The number of carbonyl (C=O) groups is 2. The molecule has 3 aromatic rings. The number of amides is 1. The second-order valence-corrected chi connectivity index (χ2v) is 12.8. The molecule has 2 aromatic heterocycles. The first kappa shape index (κ1) is 35.2. The lowest BCUT2D eigenvalue weighted by atomic mass is 9.80. The van der Waals surface area contributed by atoms with Crippen molar-refractivity contribution in [2.24, 2.45) is 17.8 Å². The molecule has 0 bridgehead atoms. The van der Waals surface area contributed by atoms with Crippen molar-refractivity contribution in [2.45, 2.75) is 97.6 Å². The van der Waals surface area contributed by atoms with Crippen LogP contribution in [-0.4, -0.2) is 34.7 Å². The highest BCUT2D eigenvalue weighted by molar-refractivity contribution is 6.03. The third-order valence-corrected chi connectivity index (χ3v) is 8.90. The van der Waals surface area contributed by atoms with Gasteiger partial charge in [-0.05, 0) is 61.1 Å². The largest absolute Gasteiger partial charge is 0.437 e. The Labute approximate surface area is 270 Å². The molecular weight excluding hydrogens is 593 g/mol. The Morgan fingerprint density at radius 2 is 1.87 bits per heavy atom. The minimum Gasteiger partial charge on any atom is -0.435 e. The monoisotopic (exact) mass is 640 g/mol. The molecule has 1 saturated carbocycles. The number of anilines is 2. The summed E-state index contributed by atoms with van der Waals surface area (Å²) in [5, 5.41) is 2.48. The van der Waals surface area contributed by atoms with E-state index >= 15 is 0 Å². The van der Waals surface area contributed by atoms with Crippen LogP contribution in [0.3, 0.4) is 0 Å². The number of alkyl halides is 3. The van der Waals surface area contributed by atoms with E-state index < -0.39 is 23.5 Å². The van der Waals surface area contributed by atoms with Crippen LogP contribution in [0.1, 0.15) is 106 Å². The number of aromatic nitrogens is 2. The summed E-state index contributed by atoms with van der Waals surface area (Å²) >= 11 is 0. The maximum atomic E-state index is 13.8. The number of hydrogen-bond donors (Lipinski definition) is 1. The number of halogens is 3. The summed E-state index contributed by atoms with van der Waals surface area (Å²) in [7, 11) is 0. The molecule has 1 amide bonds. The van der Waals surface area contributed by atoms with Crippen LogP contribution < -0.4 is 10.2 Å². The van der Waals surface area contributed by atoms with E-state index in [1.54, 1.807) is 12.1 Å². The summed E-state index contributed by atoms with van der Waals surface area (Å²) in [6, 6.07) is 13.5. The number of hydrogen-bond acceptors (Lipinski definition) is 6. The first-order valence-corrected chi connectivity index (χ1v) is 16.7. The third-order valence-electron chi connectivity index (χ3n) is 8.90. The van der Waals surface area contributed by atoms with Crippen molar-refractivity contribution in [1.82, 2.24) is 9.97 Å². The number of pyridine rings is 1. The van der Waals surface area contributed by atoms with Crippen molar-refractivity contribution in [3.63, 3.8) is 0 Å². The number of aryl methyl sites for hydroxylation is 1. The SMILES string of the molecule is CCCN(CCC(=O)CC(CC)Cc1ccccc1)c1ccc(NC(=O)c2oc(CCC3CCCC(C)C3)nc2C(F)(F)F)cn1. The standard InChI is InChI=1S/C36H47F3N4O3/c1-4-19-43(20-18-30(44)23-26(5-2)22-27-11-7-6-8-12-27)31-16-15-29(24-40-31)41-35(45)33-34(36(37,38)39)42-32(46-33)17-14-28-13-9-10-25(3)21-28/h6-8,11-12,15-16,24-26,28H,4-5,9-10,13-14,17-23H2,1-3H3,(H,41,45). The molecule has 10 heteroatoms. The Kier molecular flexibility index (Phi) is 12.8. The second kappa shape index (κ2) is 16.7. The van der Waals surface area contributed by atoms with Gasteiger partial charge in [-0.15, -0.1) is 0 Å². The lowest BCUT2D eigenvalue weighted by Gasteiger charge is -2.26. The Hall–Kier alpha value is -3.69. The Bertz CT molecular complexity index is 1390. The molecule has 7 nitrogen and oxygen atoms in total. The van der Waals surface area contributed by atoms with Gasteiger partial charge in [0.15, 0.2) is 11.6 Å². The van der Waals surface area contributed by atoms with Crippen molar-refractivity contribution in [3.05, 3.63) is 71.6 Å². The first-order valence-electron chi connectivity index (χ1n) is 16.7. The molecule has 0 saturated heterocycles. The third kappa shape index (κ3) is 10.4. The van der Waals surface area contributed by atoms with E-state index in [-0.39, 0.29) is 29.7 Å². The zero-order chi connectivity index (χ0) is 33.1. The van der Waals surface area contributed by atoms with E-state index in [2.05, 4.69) is 41.3 Å². The van der Waals surface area contributed by atoms with Crippen LogP contribution in [0.4, 0.5) is 24.7 Å². The van der Waals surface area contributed by atoms with E-state index in [4.69, 9.17) is 4.42 Å². The average Bonchev–Trinajstić information content (AvgIpc) is 3.48. The van der Waals surface area contributed by atoms with Gasteiger partial charge < -0.3 is 14.6 Å². The number of rotatable bonds is 16. The fourth-order valence-electron chi connectivity index (χ4n) is 6.40. The minimum atomic E-state index is -4.83. The van der Waals surface area contributed by atoms with Gasteiger partial charge in [0.2, 0.25) is 5.76 Å². The maximum absolute atomic E-state index is 13.8. The molecule has 1 aliphatic rings. The average molecular weight is 641 g/mol. The lowest BCUT2D eigenvalue weighted by molar-refractivity contribution is -0.141. The van der Waals surface area contributed by atoms with Gasteiger partial charge in [0.25, 0.3) is 5.91 Å². The van der Waals surface area contributed by atoms with Crippen LogP contribution in [0.25, 0.3) is 0 Å². The molecule has 2 heterocycles. The second-order valence-electron chi connectivity index (χ2n) is 12.8. The highest BCUT2D eigenvalue weighted by Crippen LogP contribution is 2.35. The Balaban J connectivity index is 1.34. The van der Waals surface area contributed by atoms with Gasteiger partial charge in [0.05, 0.1) is 11.9 Å². The summed E-state index contributed by atoms with van der Waals surface area (Å²) in [4.78, 5) is 36.0. The highest BCUT2D eigenvalue weighted by atomic mass is 19.4. The molecule has 0 aliphatic heterocycles. The van der Waals surface area contributed by atoms with Gasteiger partial charge in [0.1, 0.15) is 11.6 Å². The van der Waals surface area contributed by atoms with Crippen LogP contribution in [0.15, 0.2) is 53.1 Å². The molecule has 1 aromatic carbocycles. The summed E-state index contributed by atoms with van der Waals surface area (Å²) in [6.45, 7) is 7.53. The van der Waals surface area contributed by atoms with Gasteiger partial charge in [-0.1, -0.05) is 76.8 Å². The van der Waals surface area contributed by atoms with Gasteiger partial charge in [-0.3, -0.25) is 9.59 Å². The molecule has 3 atom stereocenters. The number of nitrogens with one attached hydrogen (secondary N) is 1. The molecular formula is C36H47F3N4O3. The predicted octanol–water partition coefficient (Wildman–Crippen LogP) is 8.93. The molecule has 1 N–H and O–H groups in total. The summed E-state index contributed by atoms with van der Waals surface area (Å²) in [5.74, 6) is 0.206. The molecule has 4 rings (SSSR count). The van der Waals surface area contributed by atoms with Gasteiger partial charge in [-0.2, -0.15) is 13.2 Å². The van der Waals surface area contributed by atoms with Gasteiger partial charge in [-0.25, -0.2) is 9.97 Å². The van der Waals surface area contributed by atoms with Gasteiger partial charge >= 0.3 is 6.18 Å². The topological polar surface area (TPSA) is 88.3 Å². The van der Waals surface area contributed by atoms with E-state index in [1.807, 2.05) is 30.0 Å². The number of carbonyl (C=O) groups excluding carboxylic acids is 2. The zero-order valence-corrected chi connectivity index (χ0v) is 27.2. The smallest absolute Gasteiger partial charge is 0.435 e.